The van der Waals surface area contributed by atoms with Gasteiger partial charge in [-0.15, -0.1) is 0 Å². The maximum Gasteiger partial charge on any atom is 0.104 e. The minimum Gasteiger partial charge on any atom is -0.384 e. The first-order valence-electron chi connectivity index (χ1n) is 3.91. The average molecular weight is 192 g/mol. The number of hydrogen-bond donors (Lipinski definition) is 2. The molecule has 0 aliphatic carbocycles. The molecule has 0 amide bonds. The monoisotopic (exact) mass is 192 g/mol. The van der Waals surface area contributed by atoms with E-state index in [2.05, 4.69) is 26.7 Å². The zero-order valence-electron chi connectivity index (χ0n) is 7.95. The molecule has 2 N–H and O–H groups in total. The van der Waals surface area contributed by atoms with Crippen molar-refractivity contribution >= 4 is 0 Å². The molecule has 0 fully saturated rings. The Morgan fingerprint density at radius 3 is 1.54 bits per heavy atom. The standard InChI is InChI=1S/C4H10O3.C4H6O2/c1-3-5-7-6-4-2;5-3-1-2-4-6/h3-4H2,1-2H3;5-6H,3-4H2. The second kappa shape index (κ2) is 17.4. The topological polar surface area (TPSA) is 68.2 Å². The fourth-order valence-corrected chi connectivity index (χ4v) is 0.242. The van der Waals surface area contributed by atoms with Crippen molar-refractivity contribution in [1.29, 1.82) is 0 Å². The molecular formula is C8H16O5. The van der Waals surface area contributed by atoms with E-state index in [1.54, 1.807) is 0 Å². The van der Waals surface area contributed by atoms with Crippen LogP contribution in [0.3, 0.4) is 0 Å². The third kappa shape index (κ3) is 24.6. The normalized spacial score (nSPS) is 8.00. The van der Waals surface area contributed by atoms with Crippen molar-refractivity contribution in [3.8, 4) is 11.8 Å². The Labute approximate surface area is 78.1 Å². The lowest BCUT2D eigenvalue weighted by atomic mass is 10.6. The van der Waals surface area contributed by atoms with Crippen LogP contribution < -0.4 is 0 Å². The fraction of sp³-hybridized carbons (Fsp3) is 0.750. The summed E-state index contributed by atoms with van der Waals surface area (Å²) >= 11 is 0. The molecule has 0 aromatic carbocycles. The summed E-state index contributed by atoms with van der Waals surface area (Å²) in [5.41, 5.74) is 0. The molecule has 0 unspecified atom stereocenters. The van der Waals surface area contributed by atoms with Crippen molar-refractivity contribution in [3.63, 3.8) is 0 Å². The van der Waals surface area contributed by atoms with Crippen LogP contribution in [0.15, 0.2) is 0 Å². The summed E-state index contributed by atoms with van der Waals surface area (Å²) in [5, 5.41) is 20.0. The first-order valence-corrected chi connectivity index (χ1v) is 3.91. The van der Waals surface area contributed by atoms with Crippen LogP contribution in [-0.2, 0) is 14.8 Å². The maximum absolute atomic E-state index is 7.91. The van der Waals surface area contributed by atoms with Crippen molar-refractivity contribution in [3.05, 3.63) is 0 Å². The van der Waals surface area contributed by atoms with Crippen molar-refractivity contribution in [1.82, 2.24) is 0 Å². The predicted molar refractivity (Wildman–Crippen MR) is 46.3 cm³/mol. The quantitative estimate of drug-likeness (QED) is 0.281. The fourth-order valence-electron chi connectivity index (χ4n) is 0.242. The summed E-state index contributed by atoms with van der Waals surface area (Å²) in [6.07, 6.45) is 0. The summed E-state index contributed by atoms with van der Waals surface area (Å²) in [7, 11) is 0. The summed E-state index contributed by atoms with van der Waals surface area (Å²) in [5.74, 6) is 4.51. The van der Waals surface area contributed by atoms with Gasteiger partial charge in [-0.3, -0.25) is 0 Å². The summed E-state index contributed by atoms with van der Waals surface area (Å²) < 4.78 is 0. The second-order valence-electron chi connectivity index (χ2n) is 1.55. The van der Waals surface area contributed by atoms with Crippen LogP contribution in [0.4, 0.5) is 0 Å². The zero-order chi connectivity index (χ0) is 10.4. The number of rotatable bonds is 4. The molecule has 78 valence electrons. The molecule has 5 heteroatoms. The summed E-state index contributed by atoms with van der Waals surface area (Å²) in [4.78, 5) is 8.70. The van der Waals surface area contributed by atoms with Crippen molar-refractivity contribution in [2.45, 2.75) is 13.8 Å². The average Bonchev–Trinajstić information content (AvgIpc) is 2.17. The highest BCUT2D eigenvalue weighted by atomic mass is 17.5. The Kier molecular flexibility index (Phi) is 19.9. The van der Waals surface area contributed by atoms with E-state index in [0.29, 0.717) is 13.2 Å². The van der Waals surface area contributed by atoms with E-state index in [0.717, 1.165) is 0 Å². The molecule has 0 saturated heterocycles. The molecule has 0 aliphatic heterocycles. The molecule has 0 aromatic rings. The molecular weight excluding hydrogens is 176 g/mol. The Bertz CT molecular complexity index is 114. The van der Waals surface area contributed by atoms with Gasteiger partial charge in [0.05, 0.1) is 13.2 Å². The molecule has 0 bridgehead atoms. The first kappa shape index (κ1) is 14.9. The third-order valence-corrected chi connectivity index (χ3v) is 0.615. The van der Waals surface area contributed by atoms with Crippen LogP contribution in [-0.4, -0.2) is 36.6 Å². The molecule has 0 radical (unpaired) electrons. The molecule has 0 aromatic heterocycles. The predicted octanol–water partition coefficient (Wildman–Crippen LogP) is -0.120. The highest BCUT2D eigenvalue weighted by molar-refractivity contribution is 4.97. The largest absolute Gasteiger partial charge is 0.384 e. The second-order valence-corrected chi connectivity index (χ2v) is 1.55. The van der Waals surface area contributed by atoms with Gasteiger partial charge in [-0.1, -0.05) is 16.9 Å². The van der Waals surface area contributed by atoms with Crippen LogP contribution >= 0.6 is 0 Å². The summed E-state index contributed by atoms with van der Waals surface area (Å²) in [6, 6.07) is 0. The smallest absolute Gasteiger partial charge is 0.104 e. The van der Waals surface area contributed by atoms with Gasteiger partial charge in [0.25, 0.3) is 0 Å². The summed E-state index contributed by atoms with van der Waals surface area (Å²) in [6.45, 7) is 4.33. The molecule has 0 aliphatic rings. The van der Waals surface area contributed by atoms with Crippen LogP contribution in [0.2, 0.25) is 0 Å². The van der Waals surface area contributed by atoms with Crippen LogP contribution in [0.25, 0.3) is 0 Å². The van der Waals surface area contributed by atoms with E-state index in [-0.39, 0.29) is 13.2 Å². The van der Waals surface area contributed by atoms with Gasteiger partial charge in [-0.2, -0.15) is 0 Å². The van der Waals surface area contributed by atoms with E-state index >= 15 is 0 Å². The van der Waals surface area contributed by atoms with Crippen LogP contribution in [0, 0.1) is 11.8 Å². The number of hydrogen-bond acceptors (Lipinski definition) is 5. The van der Waals surface area contributed by atoms with E-state index in [1.807, 2.05) is 13.8 Å². The third-order valence-electron chi connectivity index (χ3n) is 0.615. The van der Waals surface area contributed by atoms with Gasteiger partial charge in [0.1, 0.15) is 13.2 Å². The van der Waals surface area contributed by atoms with Gasteiger partial charge in [-0.25, -0.2) is 9.78 Å². The zero-order valence-corrected chi connectivity index (χ0v) is 7.95. The van der Waals surface area contributed by atoms with E-state index in [9.17, 15) is 0 Å². The lowest BCUT2D eigenvalue weighted by Crippen LogP contribution is -1.94. The highest BCUT2D eigenvalue weighted by Crippen LogP contribution is 1.77. The Morgan fingerprint density at radius 2 is 1.31 bits per heavy atom. The molecule has 0 spiro atoms. The minimum absolute atomic E-state index is 0.166. The Morgan fingerprint density at radius 1 is 0.923 bits per heavy atom. The van der Waals surface area contributed by atoms with Crippen molar-refractivity contribution in [2.24, 2.45) is 0 Å². The van der Waals surface area contributed by atoms with Gasteiger partial charge < -0.3 is 10.2 Å². The minimum atomic E-state index is -0.166. The van der Waals surface area contributed by atoms with Crippen molar-refractivity contribution < 1.29 is 25.0 Å². The molecule has 0 saturated carbocycles. The molecule has 0 heterocycles. The molecule has 0 rings (SSSR count). The SMILES string of the molecule is CCOOOCC.OCC#CCO. The maximum atomic E-state index is 7.91. The van der Waals surface area contributed by atoms with Crippen LogP contribution in [0.5, 0.6) is 0 Å². The van der Waals surface area contributed by atoms with Gasteiger partial charge in [0.15, 0.2) is 0 Å². The van der Waals surface area contributed by atoms with E-state index < -0.39 is 0 Å². The molecule has 13 heavy (non-hydrogen) atoms. The van der Waals surface area contributed by atoms with Gasteiger partial charge in [0, 0.05) is 0 Å². The lowest BCUT2D eigenvalue weighted by molar-refractivity contribution is -0.509. The van der Waals surface area contributed by atoms with Gasteiger partial charge in [-0.05, 0) is 13.8 Å². The Hall–Kier alpha value is -0.640. The van der Waals surface area contributed by atoms with Crippen LogP contribution in [0.1, 0.15) is 13.8 Å². The number of aliphatic hydroxyl groups is 2. The van der Waals surface area contributed by atoms with E-state index in [4.69, 9.17) is 10.2 Å². The first-order chi connectivity index (χ1) is 6.33. The Balaban J connectivity index is 0. The lowest BCUT2D eigenvalue weighted by Gasteiger charge is -1.94. The van der Waals surface area contributed by atoms with Gasteiger partial charge in [0.2, 0.25) is 0 Å². The van der Waals surface area contributed by atoms with Crippen molar-refractivity contribution in [2.75, 3.05) is 26.4 Å². The molecule has 5 nitrogen and oxygen atoms in total. The number of aliphatic hydroxyl groups excluding tert-OH is 2. The molecule has 0 atom stereocenters. The highest BCUT2D eigenvalue weighted by Gasteiger charge is 1.77. The van der Waals surface area contributed by atoms with E-state index in [1.165, 1.54) is 0 Å². The van der Waals surface area contributed by atoms with Gasteiger partial charge >= 0.3 is 0 Å².